The highest BCUT2D eigenvalue weighted by Gasteiger charge is 2.37. The predicted octanol–water partition coefficient (Wildman–Crippen LogP) is -0.0563. The summed E-state index contributed by atoms with van der Waals surface area (Å²) in [6.07, 6.45) is 0.648. The number of aliphatic carboxylic acids is 2. The molecule has 1 aromatic carbocycles. The van der Waals surface area contributed by atoms with Gasteiger partial charge in [0.15, 0.2) is 11.5 Å². The van der Waals surface area contributed by atoms with E-state index in [1.54, 1.807) is 24.3 Å². The Morgan fingerprint density at radius 1 is 1.32 bits per heavy atom. The number of thiocarbonyl (C=S) groups is 1. The summed E-state index contributed by atoms with van der Waals surface area (Å²) in [5.41, 5.74) is 0.625. The van der Waals surface area contributed by atoms with E-state index in [1.165, 1.54) is 7.11 Å². The molecule has 1 amide bonds. The molecule has 0 saturated carbocycles. The molecule has 1 heterocycles. The van der Waals surface area contributed by atoms with E-state index in [9.17, 15) is 24.6 Å². The zero-order valence-corrected chi connectivity index (χ0v) is 16.8. The largest absolute Gasteiger partial charge is 0.550 e. The summed E-state index contributed by atoms with van der Waals surface area (Å²) in [6.45, 7) is 2.30. The molecule has 8 nitrogen and oxygen atoms in total. The van der Waals surface area contributed by atoms with E-state index in [0.717, 1.165) is 16.7 Å². The monoisotopic (exact) mass is 423 g/mol. The molecule has 2 rings (SSSR count). The number of carbonyl (C=O) groups excluding carboxylic acids is 3. The summed E-state index contributed by atoms with van der Waals surface area (Å²) in [7, 11) is 1.49. The van der Waals surface area contributed by atoms with Crippen molar-refractivity contribution < 1.29 is 34.1 Å². The van der Waals surface area contributed by atoms with Gasteiger partial charge in [-0.2, -0.15) is 0 Å². The number of carboxylic acid groups (broad SMARTS) is 2. The van der Waals surface area contributed by atoms with Gasteiger partial charge >= 0.3 is 0 Å². The number of benzene rings is 1. The van der Waals surface area contributed by atoms with Crippen LogP contribution in [0.1, 0.15) is 25.3 Å². The van der Waals surface area contributed by atoms with Crippen molar-refractivity contribution in [3.8, 4) is 11.5 Å². The zero-order chi connectivity index (χ0) is 20.8. The van der Waals surface area contributed by atoms with Gasteiger partial charge in [0, 0.05) is 5.97 Å². The summed E-state index contributed by atoms with van der Waals surface area (Å²) in [4.78, 5) is 35.8. The first-order valence-electron chi connectivity index (χ1n) is 8.27. The fourth-order valence-electron chi connectivity index (χ4n) is 2.56. The Balaban J connectivity index is 2.28. The maximum absolute atomic E-state index is 12.7. The molecule has 28 heavy (non-hydrogen) atoms. The van der Waals surface area contributed by atoms with Crippen molar-refractivity contribution in [3.63, 3.8) is 0 Å². The third-order valence-corrected chi connectivity index (χ3v) is 5.14. The van der Waals surface area contributed by atoms with E-state index >= 15 is 0 Å². The lowest BCUT2D eigenvalue weighted by Crippen LogP contribution is -2.50. The maximum Gasteiger partial charge on any atom is 0.266 e. The number of rotatable bonds is 9. The van der Waals surface area contributed by atoms with Crippen LogP contribution in [0.15, 0.2) is 23.1 Å². The quantitative estimate of drug-likeness (QED) is 0.397. The second kappa shape index (κ2) is 9.56. The van der Waals surface area contributed by atoms with E-state index in [0.29, 0.717) is 23.7 Å². The molecular formula is C18H17NO7S2-2. The standard InChI is InChI=1S/C18H19NO7S2/c1-3-26-12-6-4-10(8-13(12)25-2)9-14-16(22)19(18(27)28-14)11(17(23)24)5-7-15(20)21/h4,6,8-9,11H,3,5,7H2,1-2H3,(H,20,21)(H,23,24)/p-2/b14-9-/t11-/m0/s1. The predicted molar refractivity (Wildman–Crippen MR) is 102 cm³/mol. The van der Waals surface area contributed by atoms with Gasteiger partial charge in [-0.3, -0.25) is 9.69 Å². The molecule has 0 aliphatic carbocycles. The minimum Gasteiger partial charge on any atom is -0.550 e. The Kier molecular flexibility index (Phi) is 7.41. The van der Waals surface area contributed by atoms with Gasteiger partial charge in [0.25, 0.3) is 5.91 Å². The summed E-state index contributed by atoms with van der Waals surface area (Å²) < 4.78 is 10.7. The van der Waals surface area contributed by atoms with Crippen molar-refractivity contribution in [2.45, 2.75) is 25.8 Å². The second-order valence-electron chi connectivity index (χ2n) is 5.64. The SMILES string of the molecule is CCOc1ccc(/C=C2\SC(=S)N([C@@H](CCC(=O)[O-])C(=O)[O-])C2=O)cc1OC. The highest BCUT2D eigenvalue weighted by Crippen LogP contribution is 2.36. The molecule has 1 fully saturated rings. The average molecular weight is 423 g/mol. The van der Waals surface area contributed by atoms with Crippen molar-refractivity contribution in [1.29, 1.82) is 0 Å². The Bertz CT molecular complexity index is 837. The van der Waals surface area contributed by atoms with Gasteiger partial charge < -0.3 is 29.3 Å². The number of thioether (sulfide) groups is 1. The summed E-state index contributed by atoms with van der Waals surface area (Å²) in [5.74, 6) is -2.60. The van der Waals surface area contributed by atoms with E-state index in [1.807, 2.05) is 6.92 Å². The molecule has 1 saturated heterocycles. The van der Waals surface area contributed by atoms with Gasteiger partial charge in [0.1, 0.15) is 4.32 Å². The van der Waals surface area contributed by atoms with Gasteiger partial charge in [-0.25, -0.2) is 0 Å². The fraction of sp³-hybridized carbons (Fsp3) is 0.333. The van der Waals surface area contributed by atoms with Crippen LogP contribution >= 0.6 is 24.0 Å². The van der Waals surface area contributed by atoms with Gasteiger partial charge in [0.05, 0.1) is 30.6 Å². The van der Waals surface area contributed by atoms with Crippen molar-refractivity contribution in [1.82, 2.24) is 4.90 Å². The molecule has 1 aromatic rings. The van der Waals surface area contributed by atoms with Gasteiger partial charge in [-0.15, -0.1) is 0 Å². The Labute approximate surface area is 171 Å². The summed E-state index contributed by atoms with van der Waals surface area (Å²) >= 11 is 6.05. The molecule has 0 N–H and O–H groups in total. The molecule has 1 atom stereocenters. The fourth-order valence-corrected chi connectivity index (χ4v) is 3.91. The van der Waals surface area contributed by atoms with E-state index in [4.69, 9.17) is 21.7 Å². The Morgan fingerprint density at radius 2 is 2.04 bits per heavy atom. The minimum absolute atomic E-state index is 0.0155. The van der Waals surface area contributed by atoms with Crippen LogP contribution in [0.5, 0.6) is 11.5 Å². The molecule has 10 heteroatoms. The van der Waals surface area contributed by atoms with Crippen LogP contribution in [-0.4, -0.2) is 46.8 Å². The molecular weight excluding hydrogens is 406 g/mol. The molecule has 0 radical (unpaired) electrons. The van der Waals surface area contributed by atoms with Crippen molar-refractivity contribution in [3.05, 3.63) is 28.7 Å². The number of methoxy groups -OCH3 is 1. The van der Waals surface area contributed by atoms with Crippen LogP contribution in [0.2, 0.25) is 0 Å². The van der Waals surface area contributed by atoms with Crippen LogP contribution in [0.3, 0.4) is 0 Å². The Morgan fingerprint density at radius 3 is 2.61 bits per heavy atom. The first kappa shape index (κ1) is 21.7. The van der Waals surface area contributed by atoms with Crippen LogP contribution in [0.4, 0.5) is 0 Å². The smallest absolute Gasteiger partial charge is 0.266 e. The zero-order valence-electron chi connectivity index (χ0n) is 15.1. The lowest BCUT2D eigenvalue weighted by Gasteiger charge is -2.27. The number of hydrogen-bond donors (Lipinski definition) is 0. The lowest BCUT2D eigenvalue weighted by atomic mass is 10.1. The third kappa shape index (κ3) is 5.02. The highest BCUT2D eigenvalue weighted by atomic mass is 32.2. The normalized spacial score (nSPS) is 16.4. The van der Waals surface area contributed by atoms with Crippen molar-refractivity contribution >= 4 is 52.2 Å². The first-order valence-corrected chi connectivity index (χ1v) is 9.49. The van der Waals surface area contributed by atoms with Gasteiger partial charge in [0.2, 0.25) is 0 Å². The molecule has 150 valence electrons. The number of carboxylic acids is 2. The number of hydrogen-bond acceptors (Lipinski definition) is 9. The summed E-state index contributed by atoms with van der Waals surface area (Å²) in [6, 6.07) is 3.60. The Hall–Kier alpha value is -2.59. The third-order valence-electron chi connectivity index (χ3n) is 3.81. The number of ether oxygens (including phenoxy) is 2. The molecule has 0 unspecified atom stereocenters. The number of amides is 1. The van der Waals surface area contributed by atoms with Crippen LogP contribution < -0.4 is 19.7 Å². The van der Waals surface area contributed by atoms with E-state index < -0.39 is 30.3 Å². The maximum atomic E-state index is 12.7. The van der Waals surface area contributed by atoms with Gasteiger partial charge in [-0.1, -0.05) is 30.0 Å². The van der Waals surface area contributed by atoms with Crippen LogP contribution in [0.25, 0.3) is 6.08 Å². The molecule has 0 spiro atoms. The molecule has 1 aliphatic heterocycles. The molecule has 0 bridgehead atoms. The second-order valence-corrected chi connectivity index (χ2v) is 7.32. The lowest BCUT2D eigenvalue weighted by molar-refractivity contribution is -0.311. The average Bonchev–Trinajstić information content (AvgIpc) is 2.90. The van der Waals surface area contributed by atoms with Crippen molar-refractivity contribution in [2.24, 2.45) is 0 Å². The molecule has 1 aliphatic rings. The number of nitrogens with zero attached hydrogens (tertiary/aromatic N) is 1. The summed E-state index contributed by atoms with van der Waals surface area (Å²) in [5, 5.41) is 22.0. The van der Waals surface area contributed by atoms with Crippen LogP contribution in [-0.2, 0) is 14.4 Å². The van der Waals surface area contributed by atoms with Gasteiger partial charge in [-0.05, 0) is 43.5 Å². The first-order chi connectivity index (χ1) is 13.3. The van der Waals surface area contributed by atoms with E-state index in [2.05, 4.69) is 0 Å². The van der Waals surface area contributed by atoms with Crippen LogP contribution in [0, 0.1) is 0 Å². The number of carbonyl (C=O) groups is 3. The molecule has 0 aromatic heterocycles. The van der Waals surface area contributed by atoms with E-state index in [-0.39, 0.29) is 15.6 Å². The van der Waals surface area contributed by atoms with Crippen molar-refractivity contribution in [2.75, 3.05) is 13.7 Å². The highest BCUT2D eigenvalue weighted by molar-refractivity contribution is 8.26. The topological polar surface area (TPSA) is 119 Å². The minimum atomic E-state index is -1.58.